The van der Waals surface area contributed by atoms with Crippen LogP contribution in [0.1, 0.15) is 28.3 Å². The fourth-order valence-electron chi connectivity index (χ4n) is 4.15. The molecule has 3 aromatic carbocycles. The predicted molar refractivity (Wildman–Crippen MR) is 120 cm³/mol. The molecule has 31 heavy (non-hydrogen) atoms. The molecule has 0 saturated carbocycles. The summed E-state index contributed by atoms with van der Waals surface area (Å²) in [4.78, 5) is 15.2. The second-order valence-electron chi connectivity index (χ2n) is 7.61. The van der Waals surface area contributed by atoms with Gasteiger partial charge in [0.25, 0.3) is 5.91 Å². The second kappa shape index (κ2) is 9.13. The van der Waals surface area contributed by atoms with Crippen LogP contribution in [-0.2, 0) is 11.2 Å². The highest BCUT2D eigenvalue weighted by atomic mass is 16.5. The Bertz CT molecular complexity index is 1060. The number of fused-ring (bicyclic) bond motifs is 1. The first-order valence-electron chi connectivity index (χ1n) is 10.4. The minimum Gasteiger partial charge on any atom is -0.493 e. The largest absolute Gasteiger partial charge is 0.493 e. The average molecular weight is 418 g/mol. The van der Waals surface area contributed by atoms with Gasteiger partial charge in [-0.3, -0.25) is 4.79 Å². The third-order valence-electron chi connectivity index (χ3n) is 5.75. The monoisotopic (exact) mass is 417 g/mol. The Kier molecular flexibility index (Phi) is 6.12. The van der Waals surface area contributed by atoms with E-state index in [9.17, 15) is 4.79 Å². The maximum Gasteiger partial charge on any atom is 0.261 e. The molecule has 1 aliphatic rings. The molecule has 4 rings (SSSR count). The number of amides is 1. The van der Waals surface area contributed by atoms with E-state index in [1.54, 1.807) is 14.2 Å². The number of benzene rings is 3. The first-order valence-corrected chi connectivity index (χ1v) is 10.4. The van der Waals surface area contributed by atoms with Gasteiger partial charge in [-0.2, -0.15) is 0 Å². The molecule has 0 saturated heterocycles. The zero-order chi connectivity index (χ0) is 21.8. The fourth-order valence-corrected chi connectivity index (χ4v) is 4.15. The fraction of sp³-hybridized carbons (Fsp3) is 0.269. The van der Waals surface area contributed by atoms with Crippen LogP contribution in [0.25, 0.3) is 0 Å². The Balaban J connectivity index is 1.68. The van der Waals surface area contributed by atoms with Gasteiger partial charge in [0, 0.05) is 6.54 Å². The van der Waals surface area contributed by atoms with Crippen LogP contribution in [0, 0.1) is 6.92 Å². The molecule has 5 nitrogen and oxygen atoms in total. The van der Waals surface area contributed by atoms with E-state index in [0.717, 1.165) is 34.4 Å². The van der Waals surface area contributed by atoms with Crippen molar-refractivity contribution >= 4 is 5.91 Å². The van der Waals surface area contributed by atoms with Gasteiger partial charge in [-0.1, -0.05) is 48.5 Å². The quantitative estimate of drug-likeness (QED) is 0.590. The summed E-state index contributed by atoms with van der Waals surface area (Å²) in [6.45, 7) is 2.58. The SMILES string of the molecule is COc1cc2c(cc1OC)C(c1ccccc1)N(C(=O)COc1ccccc1C)CC2. The van der Waals surface area contributed by atoms with E-state index in [-0.39, 0.29) is 18.6 Å². The number of aryl methyl sites for hydroxylation is 1. The van der Waals surface area contributed by atoms with Gasteiger partial charge in [0.05, 0.1) is 20.3 Å². The number of carbonyl (C=O) groups excluding carboxylic acids is 1. The summed E-state index contributed by atoms with van der Waals surface area (Å²) in [6.07, 6.45) is 0.745. The van der Waals surface area contributed by atoms with Gasteiger partial charge in [-0.15, -0.1) is 0 Å². The Labute approximate surface area is 183 Å². The van der Waals surface area contributed by atoms with Crippen LogP contribution in [0.5, 0.6) is 17.2 Å². The predicted octanol–water partition coefficient (Wildman–Crippen LogP) is 4.57. The van der Waals surface area contributed by atoms with Crippen LogP contribution in [0.2, 0.25) is 0 Å². The molecule has 5 heteroatoms. The molecular weight excluding hydrogens is 390 g/mol. The van der Waals surface area contributed by atoms with E-state index >= 15 is 0 Å². The summed E-state index contributed by atoms with van der Waals surface area (Å²) in [5.41, 5.74) is 4.28. The van der Waals surface area contributed by atoms with Crippen molar-refractivity contribution in [1.82, 2.24) is 4.90 Å². The molecular formula is C26H27NO4. The molecule has 1 aliphatic heterocycles. The van der Waals surface area contributed by atoms with E-state index in [2.05, 4.69) is 12.1 Å². The van der Waals surface area contributed by atoms with Crippen LogP contribution >= 0.6 is 0 Å². The smallest absolute Gasteiger partial charge is 0.261 e. The number of para-hydroxylation sites is 1. The first-order chi connectivity index (χ1) is 15.1. The van der Waals surface area contributed by atoms with Crippen LogP contribution in [0.15, 0.2) is 66.7 Å². The highest BCUT2D eigenvalue weighted by molar-refractivity contribution is 5.79. The van der Waals surface area contributed by atoms with E-state index in [1.165, 1.54) is 0 Å². The van der Waals surface area contributed by atoms with Crippen molar-refractivity contribution in [3.8, 4) is 17.2 Å². The van der Waals surface area contributed by atoms with Crippen molar-refractivity contribution in [3.63, 3.8) is 0 Å². The highest BCUT2D eigenvalue weighted by Crippen LogP contribution is 2.41. The number of methoxy groups -OCH3 is 2. The summed E-state index contributed by atoms with van der Waals surface area (Å²) in [7, 11) is 3.27. The number of carbonyl (C=O) groups is 1. The van der Waals surface area contributed by atoms with Crippen LogP contribution in [-0.4, -0.2) is 38.2 Å². The topological polar surface area (TPSA) is 48.0 Å². The minimum absolute atomic E-state index is 0.00316. The third-order valence-corrected chi connectivity index (χ3v) is 5.75. The Morgan fingerprint density at radius 2 is 1.61 bits per heavy atom. The minimum atomic E-state index is -0.210. The number of rotatable bonds is 6. The number of nitrogens with zero attached hydrogens (tertiary/aromatic N) is 1. The normalized spacial score (nSPS) is 15.2. The molecule has 0 aliphatic carbocycles. The molecule has 0 bridgehead atoms. The Morgan fingerprint density at radius 1 is 0.935 bits per heavy atom. The summed E-state index contributed by atoms with van der Waals surface area (Å²) < 4.78 is 16.9. The van der Waals surface area contributed by atoms with Crippen molar-refractivity contribution in [2.45, 2.75) is 19.4 Å². The van der Waals surface area contributed by atoms with Gasteiger partial charge in [-0.25, -0.2) is 0 Å². The molecule has 0 radical (unpaired) electrons. The summed E-state index contributed by atoms with van der Waals surface area (Å²) in [5, 5.41) is 0. The van der Waals surface area contributed by atoms with Crippen molar-refractivity contribution in [2.75, 3.05) is 27.4 Å². The van der Waals surface area contributed by atoms with E-state index in [1.807, 2.05) is 66.4 Å². The number of hydrogen-bond acceptors (Lipinski definition) is 4. The van der Waals surface area contributed by atoms with E-state index in [4.69, 9.17) is 14.2 Å². The lowest BCUT2D eigenvalue weighted by Crippen LogP contribution is -2.43. The first kappa shape index (κ1) is 20.8. The van der Waals surface area contributed by atoms with Gasteiger partial charge in [-0.05, 0) is 53.8 Å². The lowest BCUT2D eigenvalue weighted by Gasteiger charge is -2.38. The Hall–Kier alpha value is -3.47. The van der Waals surface area contributed by atoms with Gasteiger partial charge in [0.1, 0.15) is 5.75 Å². The molecule has 3 aromatic rings. The second-order valence-corrected chi connectivity index (χ2v) is 7.61. The maximum atomic E-state index is 13.3. The summed E-state index contributed by atoms with van der Waals surface area (Å²) in [5.74, 6) is 2.05. The molecule has 0 fully saturated rings. The van der Waals surface area contributed by atoms with Gasteiger partial charge < -0.3 is 19.1 Å². The molecule has 0 spiro atoms. The van der Waals surface area contributed by atoms with Gasteiger partial charge in [0.15, 0.2) is 18.1 Å². The maximum absolute atomic E-state index is 13.3. The number of ether oxygens (including phenoxy) is 3. The Morgan fingerprint density at radius 3 is 2.32 bits per heavy atom. The van der Waals surface area contributed by atoms with E-state index < -0.39 is 0 Å². The molecule has 0 aromatic heterocycles. The lowest BCUT2D eigenvalue weighted by atomic mass is 9.87. The summed E-state index contributed by atoms with van der Waals surface area (Å²) in [6, 6.07) is 21.6. The third kappa shape index (κ3) is 4.22. The van der Waals surface area contributed by atoms with Crippen LogP contribution in [0.3, 0.4) is 0 Å². The van der Waals surface area contributed by atoms with Crippen molar-refractivity contribution in [1.29, 1.82) is 0 Å². The molecule has 0 N–H and O–H groups in total. The van der Waals surface area contributed by atoms with Crippen LogP contribution < -0.4 is 14.2 Å². The van der Waals surface area contributed by atoms with E-state index in [0.29, 0.717) is 18.0 Å². The van der Waals surface area contributed by atoms with Gasteiger partial charge in [0.2, 0.25) is 0 Å². The zero-order valence-electron chi connectivity index (χ0n) is 18.1. The highest BCUT2D eigenvalue weighted by Gasteiger charge is 2.33. The number of hydrogen-bond donors (Lipinski definition) is 0. The van der Waals surface area contributed by atoms with Crippen LogP contribution in [0.4, 0.5) is 0 Å². The lowest BCUT2D eigenvalue weighted by molar-refractivity contribution is -0.135. The summed E-state index contributed by atoms with van der Waals surface area (Å²) >= 11 is 0. The van der Waals surface area contributed by atoms with Crippen molar-refractivity contribution in [2.24, 2.45) is 0 Å². The molecule has 1 atom stereocenters. The average Bonchev–Trinajstić information content (AvgIpc) is 2.82. The molecule has 1 amide bonds. The molecule has 1 unspecified atom stereocenters. The van der Waals surface area contributed by atoms with Crippen molar-refractivity contribution in [3.05, 3.63) is 89.0 Å². The molecule has 160 valence electrons. The molecule has 1 heterocycles. The zero-order valence-corrected chi connectivity index (χ0v) is 18.1. The van der Waals surface area contributed by atoms with Crippen molar-refractivity contribution < 1.29 is 19.0 Å². The standard InChI is InChI=1S/C26H27NO4/c1-18-9-7-8-12-22(18)31-17-25(28)27-14-13-20-15-23(29-2)24(30-3)16-21(20)26(27)19-10-5-4-6-11-19/h4-12,15-16,26H,13-14,17H2,1-3H3. The van der Waals surface area contributed by atoms with Gasteiger partial charge >= 0.3 is 0 Å².